The summed E-state index contributed by atoms with van der Waals surface area (Å²) in [4.78, 5) is 25.6. The van der Waals surface area contributed by atoms with Crippen LogP contribution in [0.15, 0.2) is 42.7 Å². The van der Waals surface area contributed by atoms with Gasteiger partial charge in [-0.3, -0.25) is 4.79 Å². The van der Waals surface area contributed by atoms with Crippen molar-refractivity contribution in [3.8, 4) is 0 Å². The fourth-order valence-corrected chi connectivity index (χ4v) is 3.52. The fraction of sp³-hybridized carbons (Fsp3) is 0.450. The molecule has 2 saturated heterocycles. The van der Waals surface area contributed by atoms with E-state index in [1.165, 1.54) is 5.69 Å². The van der Waals surface area contributed by atoms with E-state index in [2.05, 4.69) is 49.4 Å². The van der Waals surface area contributed by atoms with Crippen LogP contribution in [-0.2, 0) is 4.74 Å². The zero-order chi connectivity index (χ0) is 18.5. The minimum absolute atomic E-state index is 0.134. The molecule has 1 aromatic carbocycles. The van der Waals surface area contributed by atoms with Crippen LogP contribution in [0.25, 0.3) is 0 Å². The molecule has 2 aliphatic rings. The highest BCUT2D eigenvalue weighted by atomic mass is 16.5. The van der Waals surface area contributed by atoms with E-state index in [9.17, 15) is 4.79 Å². The number of anilines is 2. The summed E-state index contributed by atoms with van der Waals surface area (Å²) in [7, 11) is 0. The largest absolute Gasteiger partial charge is 0.376 e. The highest BCUT2D eigenvalue weighted by Crippen LogP contribution is 2.18. The molecule has 2 fully saturated rings. The van der Waals surface area contributed by atoms with Crippen molar-refractivity contribution in [2.24, 2.45) is 0 Å². The molecular weight excluding hydrogens is 342 g/mol. The molecule has 7 heteroatoms. The first-order valence-electron chi connectivity index (χ1n) is 9.56. The molecule has 1 amide bonds. The molecule has 1 atom stereocenters. The quantitative estimate of drug-likeness (QED) is 0.868. The van der Waals surface area contributed by atoms with Gasteiger partial charge < -0.3 is 19.9 Å². The second-order valence-corrected chi connectivity index (χ2v) is 6.93. The van der Waals surface area contributed by atoms with Crippen LogP contribution in [0, 0.1) is 0 Å². The average Bonchev–Trinajstić information content (AvgIpc) is 3.27. The maximum atomic E-state index is 12.2. The minimum atomic E-state index is -0.147. The Bertz CT molecular complexity index is 739. The highest BCUT2D eigenvalue weighted by Gasteiger charge is 2.20. The van der Waals surface area contributed by atoms with Crippen LogP contribution in [0.5, 0.6) is 0 Å². The number of hydrogen-bond donors (Lipinski definition) is 1. The third-order valence-electron chi connectivity index (χ3n) is 5.10. The molecular formula is C20H25N5O2. The first kappa shape index (κ1) is 17.7. The number of piperazine rings is 1. The number of benzene rings is 1. The van der Waals surface area contributed by atoms with Crippen LogP contribution < -0.4 is 15.1 Å². The number of rotatable bonds is 5. The van der Waals surface area contributed by atoms with Crippen LogP contribution >= 0.6 is 0 Å². The Kier molecular flexibility index (Phi) is 5.48. The Balaban J connectivity index is 1.29. The summed E-state index contributed by atoms with van der Waals surface area (Å²) in [6.07, 6.45) is 5.42. The van der Waals surface area contributed by atoms with Crippen molar-refractivity contribution < 1.29 is 9.53 Å². The van der Waals surface area contributed by atoms with Gasteiger partial charge in [0, 0.05) is 57.4 Å². The van der Waals surface area contributed by atoms with Crippen LogP contribution in [0.3, 0.4) is 0 Å². The number of carbonyl (C=O) groups excluding carboxylic acids is 1. The van der Waals surface area contributed by atoms with Gasteiger partial charge in [0.15, 0.2) is 0 Å². The lowest BCUT2D eigenvalue weighted by Crippen LogP contribution is -2.47. The highest BCUT2D eigenvalue weighted by molar-refractivity contribution is 5.93. The van der Waals surface area contributed by atoms with E-state index in [0.29, 0.717) is 18.1 Å². The van der Waals surface area contributed by atoms with Gasteiger partial charge in [-0.25, -0.2) is 9.97 Å². The maximum absolute atomic E-state index is 12.2. The number of para-hydroxylation sites is 1. The molecule has 2 aromatic rings. The van der Waals surface area contributed by atoms with Crippen LogP contribution in [0.2, 0.25) is 0 Å². The lowest BCUT2D eigenvalue weighted by atomic mass is 10.2. The summed E-state index contributed by atoms with van der Waals surface area (Å²) in [6, 6.07) is 10.4. The van der Waals surface area contributed by atoms with Crippen LogP contribution in [0.4, 0.5) is 11.6 Å². The number of hydrogen-bond acceptors (Lipinski definition) is 6. The van der Waals surface area contributed by atoms with Gasteiger partial charge in [-0.1, -0.05) is 18.2 Å². The molecule has 3 heterocycles. The van der Waals surface area contributed by atoms with Crippen molar-refractivity contribution in [3.63, 3.8) is 0 Å². The molecule has 0 radical (unpaired) electrons. The molecule has 2 aliphatic heterocycles. The second-order valence-electron chi connectivity index (χ2n) is 6.93. The van der Waals surface area contributed by atoms with Gasteiger partial charge in [0.2, 0.25) is 5.95 Å². The minimum Gasteiger partial charge on any atom is -0.376 e. The molecule has 0 spiro atoms. The first-order valence-corrected chi connectivity index (χ1v) is 9.56. The third-order valence-corrected chi connectivity index (χ3v) is 5.10. The topological polar surface area (TPSA) is 70.6 Å². The first-order chi connectivity index (χ1) is 13.3. The van der Waals surface area contributed by atoms with Gasteiger partial charge in [0.1, 0.15) is 0 Å². The Morgan fingerprint density at radius 3 is 2.44 bits per heavy atom. The van der Waals surface area contributed by atoms with Gasteiger partial charge in [0.25, 0.3) is 5.91 Å². The SMILES string of the molecule is O=C(NCC1CCCO1)c1cnc(N2CCN(c3ccccc3)CC2)nc1. The van der Waals surface area contributed by atoms with Crippen molar-refractivity contribution in [2.75, 3.05) is 49.1 Å². The number of carbonyl (C=O) groups is 1. The molecule has 0 saturated carbocycles. The molecule has 142 valence electrons. The van der Waals surface area contributed by atoms with Gasteiger partial charge in [0.05, 0.1) is 11.7 Å². The summed E-state index contributed by atoms with van der Waals surface area (Å²) in [5, 5.41) is 2.90. The molecule has 0 aliphatic carbocycles. The van der Waals surface area contributed by atoms with Crippen molar-refractivity contribution in [1.82, 2.24) is 15.3 Å². The summed E-state index contributed by atoms with van der Waals surface area (Å²) in [6.45, 7) is 4.91. The molecule has 1 unspecified atom stereocenters. The smallest absolute Gasteiger partial charge is 0.254 e. The summed E-state index contributed by atoms with van der Waals surface area (Å²) in [5.74, 6) is 0.532. The number of nitrogens with zero attached hydrogens (tertiary/aromatic N) is 4. The van der Waals surface area contributed by atoms with E-state index in [1.54, 1.807) is 12.4 Å². The van der Waals surface area contributed by atoms with E-state index in [4.69, 9.17) is 4.74 Å². The molecule has 1 aromatic heterocycles. The summed E-state index contributed by atoms with van der Waals surface area (Å²) < 4.78 is 5.52. The molecule has 4 rings (SSSR count). The van der Waals surface area contributed by atoms with Crippen molar-refractivity contribution in [3.05, 3.63) is 48.3 Å². The predicted molar refractivity (Wildman–Crippen MR) is 104 cm³/mol. The van der Waals surface area contributed by atoms with Crippen molar-refractivity contribution in [2.45, 2.75) is 18.9 Å². The van der Waals surface area contributed by atoms with Crippen LogP contribution in [-0.4, -0.2) is 61.3 Å². The zero-order valence-corrected chi connectivity index (χ0v) is 15.4. The monoisotopic (exact) mass is 367 g/mol. The molecule has 7 nitrogen and oxygen atoms in total. The van der Waals surface area contributed by atoms with Gasteiger partial charge in [-0.15, -0.1) is 0 Å². The summed E-state index contributed by atoms with van der Waals surface area (Å²) in [5.41, 5.74) is 1.73. The fourth-order valence-electron chi connectivity index (χ4n) is 3.52. The Morgan fingerprint density at radius 2 is 1.78 bits per heavy atom. The number of amides is 1. The standard InChI is InChI=1S/C20H25N5O2/c26-19(21-15-18-7-4-12-27-18)16-13-22-20(23-14-16)25-10-8-24(9-11-25)17-5-2-1-3-6-17/h1-3,5-6,13-14,18H,4,7-12,15H2,(H,21,26). The predicted octanol–water partition coefficient (Wildman–Crippen LogP) is 1.71. The van der Waals surface area contributed by atoms with E-state index >= 15 is 0 Å². The van der Waals surface area contributed by atoms with Gasteiger partial charge in [-0.2, -0.15) is 0 Å². The van der Waals surface area contributed by atoms with E-state index in [1.807, 2.05) is 6.07 Å². The Hall–Kier alpha value is -2.67. The van der Waals surface area contributed by atoms with Crippen molar-refractivity contribution in [1.29, 1.82) is 0 Å². The normalized spacial score (nSPS) is 19.9. The summed E-state index contributed by atoms with van der Waals surface area (Å²) >= 11 is 0. The zero-order valence-electron chi connectivity index (χ0n) is 15.4. The third kappa shape index (κ3) is 4.36. The van der Waals surface area contributed by atoms with E-state index < -0.39 is 0 Å². The molecule has 27 heavy (non-hydrogen) atoms. The lowest BCUT2D eigenvalue weighted by molar-refractivity contribution is 0.0857. The van der Waals surface area contributed by atoms with Crippen molar-refractivity contribution >= 4 is 17.5 Å². The van der Waals surface area contributed by atoms with Gasteiger partial charge in [-0.05, 0) is 25.0 Å². The average molecular weight is 367 g/mol. The van der Waals surface area contributed by atoms with E-state index in [-0.39, 0.29) is 12.0 Å². The molecule has 1 N–H and O–H groups in total. The Morgan fingerprint density at radius 1 is 1.07 bits per heavy atom. The maximum Gasteiger partial charge on any atom is 0.254 e. The lowest BCUT2D eigenvalue weighted by Gasteiger charge is -2.36. The Labute approximate surface area is 159 Å². The molecule has 0 bridgehead atoms. The van der Waals surface area contributed by atoms with Crippen LogP contribution in [0.1, 0.15) is 23.2 Å². The second kappa shape index (κ2) is 8.35. The number of nitrogens with one attached hydrogen (secondary N) is 1. The number of ether oxygens (including phenoxy) is 1. The van der Waals surface area contributed by atoms with E-state index in [0.717, 1.165) is 45.6 Å². The van der Waals surface area contributed by atoms with Gasteiger partial charge >= 0.3 is 0 Å². The number of aromatic nitrogens is 2.